The first-order valence-electron chi connectivity index (χ1n) is 6.00. The summed E-state index contributed by atoms with van der Waals surface area (Å²) in [5.41, 5.74) is 0.557. The van der Waals surface area contributed by atoms with Crippen molar-refractivity contribution < 1.29 is 9.84 Å². The Morgan fingerprint density at radius 3 is 2.75 bits per heavy atom. The molecule has 0 saturated heterocycles. The average Bonchev–Trinajstić information content (AvgIpc) is 2.28. The van der Waals surface area contributed by atoms with E-state index in [0.29, 0.717) is 0 Å². The molecule has 0 heterocycles. The average molecular weight is 220 g/mol. The van der Waals surface area contributed by atoms with E-state index in [0.717, 1.165) is 30.6 Å². The van der Waals surface area contributed by atoms with Crippen molar-refractivity contribution in [1.29, 1.82) is 0 Å². The summed E-state index contributed by atoms with van der Waals surface area (Å²) >= 11 is 0. The summed E-state index contributed by atoms with van der Waals surface area (Å²) in [5, 5.41) is 10.5. The van der Waals surface area contributed by atoms with Gasteiger partial charge in [-0.05, 0) is 25.8 Å². The highest BCUT2D eigenvalue weighted by atomic mass is 16.5. The van der Waals surface area contributed by atoms with Crippen LogP contribution in [-0.2, 0) is 0 Å². The largest absolute Gasteiger partial charge is 0.496 e. The van der Waals surface area contributed by atoms with E-state index in [9.17, 15) is 5.11 Å². The van der Waals surface area contributed by atoms with Crippen LogP contribution in [0.25, 0.3) is 0 Å². The Bertz CT molecular complexity index is 358. The number of ether oxygens (including phenoxy) is 1. The Labute approximate surface area is 97.3 Å². The SMILES string of the molecule is COc1ccccc1C1CCCCC1(C)O. The fraction of sp³-hybridized carbons (Fsp3) is 0.571. The second-order valence-electron chi connectivity index (χ2n) is 4.90. The number of aliphatic hydroxyl groups is 1. The lowest BCUT2D eigenvalue weighted by Crippen LogP contribution is -2.35. The maximum absolute atomic E-state index is 10.5. The van der Waals surface area contributed by atoms with Gasteiger partial charge in [0.25, 0.3) is 0 Å². The molecule has 1 fully saturated rings. The summed E-state index contributed by atoms with van der Waals surface area (Å²) in [5.74, 6) is 1.10. The Balaban J connectivity index is 2.34. The van der Waals surface area contributed by atoms with Gasteiger partial charge in [0.05, 0.1) is 12.7 Å². The van der Waals surface area contributed by atoms with Gasteiger partial charge in [-0.3, -0.25) is 0 Å². The topological polar surface area (TPSA) is 29.5 Å². The predicted octanol–water partition coefficient (Wildman–Crippen LogP) is 3.10. The van der Waals surface area contributed by atoms with E-state index in [4.69, 9.17) is 4.74 Å². The van der Waals surface area contributed by atoms with Gasteiger partial charge < -0.3 is 9.84 Å². The molecule has 1 aromatic rings. The zero-order valence-corrected chi connectivity index (χ0v) is 10.1. The summed E-state index contributed by atoms with van der Waals surface area (Å²) in [7, 11) is 1.69. The minimum atomic E-state index is -0.590. The second kappa shape index (κ2) is 4.46. The van der Waals surface area contributed by atoms with Gasteiger partial charge in [-0.25, -0.2) is 0 Å². The van der Waals surface area contributed by atoms with Crippen LogP contribution in [0.1, 0.15) is 44.1 Å². The summed E-state index contributed by atoms with van der Waals surface area (Å²) < 4.78 is 5.38. The first-order valence-corrected chi connectivity index (χ1v) is 6.00. The monoisotopic (exact) mass is 220 g/mol. The third-order valence-electron chi connectivity index (χ3n) is 3.69. The number of rotatable bonds is 2. The molecule has 0 aliphatic heterocycles. The van der Waals surface area contributed by atoms with Crippen LogP contribution in [0.2, 0.25) is 0 Å². The number of para-hydroxylation sites is 1. The van der Waals surface area contributed by atoms with Crippen molar-refractivity contribution in [1.82, 2.24) is 0 Å². The molecule has 1 aliphatic rings. The van der Waals surface area contributed by atoms with Crippen molar-refractivity contribution in [3.05, 3.63) is 29.8 Å². The molecule has 0 bridgehead atoms. The van der Waals surface area contributed by atoms with Crippen LogP contribution in [0.3, 0.4) is 0 Å². The number of benzene rings is 1. The van der Waals surface area contributed by atoms with Gasteiger partial charge in [-0.2, -0.15) is 0 Å². The maximum atomic E-state index is 10.5. The molecule has 1 aromatic carbocycles. The van der Waals surface area contributed by atoms with E-state index < -0.39 is 5.60 Å². The normalized spacial score (nSPS) is 30.1. The first kappa shape index (κ1) is 11.5. The summed E-state index contributed by atoms with van der Waals surface area (Å²) in [6, 6.07) is 8.03. The van der Waals surface area contributed by atoms with Crippen LogP contribution in [-0.4, -0.2) is 17.8 Å². The number of methoxy groups -OCH3 is 1. The van der Waals surface area contributed by atoms with Gasteiger partial charge in [-0.15, -0.1) is 0 Å². The van der Waals surface area contributed by atoms with Crippen LogP contribution in [0.15, 0.2) is 24.3 Å². The predicted molar refractivity (Wildman–Crippen MR) is 64.8 cm³/mol. The summed E-state index contributed by atoms with van der Waals surface area (Å²) in [4.78, 5) is 0. The Kier molecular flexibility index (Phi) is 3.20. The number of hydrogen-bond acceptors (Lipinski definition) is 2. The molecule has 0 radical (unpaired) electrons. The van der Waals surface area contributed by atoms with Crippen molar-refractivity contribution in [3.63, 3.8) is 0 Å². The number of hydrogen-bond donors (Lipinski definition) is 1. The molecule has 2 heteroatoms. The molecular formula is C14H20O2. The molecule has 0 aromatic heterocycles. The van der Waals surface area contributed by atoms with E-state index in [1.807, 2.05) is 25.1 Å². The first-order chi connectivity index (χ1) is 7.65. The molecule has 2 rings (SSSR count). The maximum Gasteiger partial charge on any atom is 0.122 e. The van der Waals surface area contributed by atoms with Crippen LogP contribution in [0.4, 0.5) is 0 Å². The molecule has 0 spiro atoms. The minimum absolute atomic E-state index is 0.206. The molecule has 1 aliphatic carbocycles. The zero-order valence-electron chi connectivity index (χ0n) is 10.1. The highest BCUT2D eigenvalue weighted by Crippen LogP contribution is 2.43. The van der Waals surface area contributed by atoms with Gasteiger partial charge in [0.1, 0.15) is 5.75 Å². The minimum Gasteiger partial charge on any atom is -0.496 e. The van der Waals surface area contributed by atoms with E-state index in [-0.39, 0.29) is 5.92 Å². The fourth-order valence-electron chi connectivity index (χ4n) is 2.76. The highest BCUT2D eigenvalue weighted by Gasteiger charge is 2.36. The standard InChI is InChI=1S/C14H20O2/c1-14(15)10-6-5-8-12(14)11-7-3-4-9-13(11)16-2/h3-4,7,9,12,15H,5-6,8,10H2,1-2H3. The van der Waals surface area contributed by atoms with Gasteiger partial charge in [0.15, 0.2) is 0 Å². The highest BCUT2D eigenvalue weighted by molar-refractivity contribution is 5.38. The summed E-state index contributed by atoms with van der Waals surface area (Å²) in [6.07, 6.45) is 4.25. The van der Waals surface area contributed by atoms with Crippen molar-refractivity contribution in [3.8, 4) is 5.75 Å². The second-order valence-corrected chi connectivity index (χ2v) is 4.90. The van der Waals surface area contributed by atoms with Crippen molar-refractivity contribution in [2.45, 2.75) is 44.1 Å². The van der Waals surface area contributed by atoms with Crippen molar-refractivity contribution >= 4 is 0 Å². The molecule has 1 N–H and O–H groups in total. The van der Waals surface area contributed by atoms with E-state index in [2.05, 4.69) is 6.07 Å². The van der Waals surface area contributed by atoms with Crippen molar-refractivity contribution in [2.75, 3.05) is 7.11 Å². The Morgan fingerprint density at radius 1 is 1.31 bits per heavy atom. The van der Waals surface area contributed by atoms with Gasteiger partial charge in [-0.1, -0.05) is 31.0 Å². The zero-order chi connectivity index (χ0) is 11.6. The van der Waals surface area contributed by atoms with E-state index >= 15 is 0 Å². The molecule has 1 saturated carbocycles. The third-order valence-corrected chi connectivity index (χ3v) is 3.69. The molecular weight excluding hydrogens is 200 g/mol. The lowest BCUT2D eigenvalue weighted by atomic mass is 9.73. The quantitative estimate of drug-likeness (QED) is 0.829. The van der Waals surface area contributed by atoms with Crippen LogP contribution >= 0.6 is 0 Å². The summed E-state index contributed by atoms with van der Waals surface area (Å²) in [6.45, 7) is 1.95. The fourth-order valence-corrected chi connectivity index (χ4v) is 2.76. The molecule has 2 nitrogen and oxygen atoms in total. The van der Waals surface area contributed by atoms with Crippen molar-refractivity contribution in [2.24, 2.45) is 0 Å². The molecule has 88 valence electrons. The van der Waals surface area contributed by atoms with E-state index in [1.165, 1.54) is 6.42 Å². The molecule has 0 amide bonds. The van der Waals surface area contributed by atoms with Crippen LogP contribution in [0.5, 0.6) is 5.75 Å². The molecule has 16 heavy (non-hydrogen) atoms. The third kappa shape index (κ3) is 2.07. The lowest BCUT2D eigenvalue weighted by molar-refractivity contribution is -0.0000358. The van der Waals surface area contributed by atoms with Crippen LogP contribution < -0.4 is 4.74 Å². The van der Waals surface area contributed by atoms with E-state index in [1.54, 1.807) is 7.11 Å². The van der Waals surface area contributed by atoms with Gasteiger partial charge in [0.2, 0.25) is 0 Å². The lowest BCUT2D eigenvalue weighted by Gasteiger charge is -2.38. The van der Waals surface area contributed by atoms with Gasteiger partial charge >= 0.3 is 0 Å². The molecule has 2 atom stereocenters. The van der Waals surface area contributed by atoms with Gasteiger partial charge in [0, 0.05) is 11.5 Å². The Hall–Kier alpha value is -1.02. The Morgan fingerprint density at radius 2 is 2.06 bits per heavy atom. The van der Waals surface area contributed by atoms with Crippen LogP contribution in [0, 0.1) is 0 Å². The smallest absolute Gasteiger partial charge is 0.122 e. The molecule has 2 unspecified atom stereocenters.